The molecule has 0 aliphatic rings. The lowest BCUT2D eigenvalue weighted by Crippen LogP contribution is -2.25. The summed E-state index contributed by atoms with van der Waals surface area (Å²) >= 11 is 0. The molecule has 76 valence electrons. The van der Waals surface area contributed by atoms with Crippen LogP contribution in [0.15, 0.2) is 12.1 Å². The zero-order chi connectivity index (χ0) is 10.7. The lowest BCUT2D eigenvalue weighted by atomic mass is 10.4. The normalized spacial score (nSPS) is 9.57. The monoisotopic (exact) mass is 197 g/mol. The lowest BCUT2D eigenvalue weighted by molar-refractivity contribution is 0.203. The minimum absolute atomic E-state index is 0.181. The Morgan fingerprint density at radius 3 is 2.79 bits per heavy atom. The summed E-state index contributed by atoms with van der Waals surface area (Å²) in [5, 5.41) is 8.74. The zero-order valence-corrected chi connectivity index (χ0v) is 7.89. The van der Waals surface area contributed by atoms with Crippen LogP contribution < -0.4 is 15.4 Å². The second kappa shape index (κ2) is 3.82. The first-order chi connectivity index (χ1) is 6.56. The summed E-state index contributed by atoms with van der Waals surface area (Å²) in [5.74, 6) is 0.790. The fourth-order valence-electron chi connectivity index (χ4n) is 0.940. The van der Waals surface area contributed by atoms with Gasteiger partial charge < -0.3 is 15.6 Å². The molecule has 1 aromatic heterocycles. The maximum atomic E-state index is 10.7. The fraction of sp³-hybridized carbons (Fsp3) is 0.250. The number of aromatic nitrogens is 1. The molecule has 0 saturated heterocycles. The highest BCUT2D eigenvalue weighted by molar-refractivity contribution is 5.86. The molecule has 0 aliphatic heterocycles. The third-order valence-corrected chi connectivity index (χ3v) is 1.69. The van der Waals surface area contributed by atoms with E-state index < -0.39 is 6.09 Å². The van der Waals surface area contributed by atoms with Crippen molar-refractivity contribution < 1.29 is 14.6 Å². The van der Waals surface area contributed by atoms with Crippen molar-refractivity contribution in [3.8, 4) is 5.75 Å². The van der Waals surface area contributed by atoms with E-state index >= 15 is 0 Å². The van der Waals surface area contributed by atoms with Crippen LogP contribution in [0.25, 0.3) is 0 Å². The van der Waals surface area contributed by atoms with Gasteiger partial charge in [0.05, 0.1) is 7.11 Å². The van der Waals surface area contributed by atoms with Crippen molar-refractivity contribution in [2.75, 3.05) is 24.8 Å². The molecular formula is C8H11N3O3. The van der Waals surface area contributed by atoms with E-state index in [2.05, 4.69) is 4.98 Å². The SMILES string of the molecule is COc1ccc(N)nc1N(C)C(=O)O. The smallest absolute Gasteiger partial charge is 0.412 e. The topological polar surface area (TPSA) is 88.7 Å². The van der Waals surface area contributed by atoms with E-state index in [1.54, 1.807) is 6.07 Å². The Morgan fingerprint density at radius 2 is 2.29 bits per heavy atom. The van der Waals surface area contributed by atoms with Crippen LogP contribution in [0.4, 0.5) is 16.4 Å². The van der Waals surface area contributed by atoms with E-state index in [-0.39, 0.29) is 11.6 Å². The molecule has 0 spiro atoms. The van der Waals surface area contributed by atoms with Gasteiger partial charge in [-0.2, -0.15) is 0 Å². The van der Waals surface area contributed by atoms with Crippen LogP contribution in [0.3, 0.4) is 0 Å². The molecule has 0 bridgehead atoms. The van der Waals surface area contributed by atoms with E-state index in [1.165, 1.54) is 20.2 Å². The second-order valence-corrected chi connectivity index (χ2v) is 2.60. The van der Waals surface area contributed by atoms with Gasteiger partial charge in [0.2, 0.25) is 0 Å². The number of nitrogens with two attached hydrogens (primary N) is 1. The first kappa shape index (κ1) is 10.1. The average molecular weight is 197 g/mol. The molecule has 1 amide bonds. The van der Waals surface area contributed by atoms with Gasteiger partial charge in [-0.15, -0.1) is 0 Å². The number of hydrogen-bond donors (Lipinski definition) is 2. The molecule has 6 heteroatoms. The number of carboxylic acid groups (broad SMARTS) is 1. The molecular weight excluding hydrogens is 186 g/mol. The molecule has 0 unspecified atom stereocenters. The van der Waals surface area contributed by atoms with Crippen LogP contribution >= 0.6 is 0 Å². The van der Waals surface area contributed by atoms with Gasteiger partial charge in [0.1, 0.15) is 5.82 Å². The number of hydrogen-bond acceptors (Lipinski definition) is 4. The van der Waals surface area contributed by atoms with Gasteiger partial charge in [-0.05, 0) is 12.1 Å². The van der Waals surface area contributed by atoms with Crippen molar-refractivity contribution in [1.29, 1.82) is 0 Å². The number of rotatable bonds is 2. The number of ether oxygens (including phenoxy) is 1. The maximum absolute atomic E-state index is 10.7. The van der Waals surface area contributed by atoms with Crippen molar-refractivity contribution in [3.05, 3.63) is 12.1 Å². The van der Waals surface area contributed by atoms with Crippen molar-refractivity contribution in [1.82, 2.24) is 4.98 Å². The molecule has 1 rings (SSSR count). The van der Waals surface area contributed by atoms with Gasteiger partial charge in [-0.1, -0.05) is 0 Å². The van der Waals surface area contributed by atoms with Crippen molar-refractivity contribution in [2.24, 2.45) is 0 Å². The van der Waals surface area contributed by atoms with Gasteiger partial charge in [-0.3, -0.25) is 4.90 Å². The number of pyridine rings is 1. The Bertz CT molecular complexity index is 354. The molecule has 0 aromatic carbocycles. The first-order valence-electron chi connectivity index (χ1n) is 3.83. The summed E-state index contributed by atoms with van der Waals surface area (Å²) in [6, 6.07) is 3.11. The van der Waals surface area contributed by atoms with Gasteiger partial charge in [0.15, 0.2) is 11.6 Å². The van der Waals surface area contributed by atoms with E-state index in [0.717, 1.165) is 4.90 Å². The Kier molecular flexibility index (Phi) is 2.76. The van der Waals surface area contributed by atoms with Crippen LogP contribution in [-0.4, -0.2) is 30.3 Å². The number of nitrogen functional groups attached to an aromatic ring is 1. The average Bonchev–Trinajstić information content (AvgIpc) is 2.16. The second-order valence-electron chi connectivity index (χ2n) is 2.60. The Hall–Kier alpha value is -1.98. The van der Waals surface area contributed by atoms with Crippen molar-refractivity contribution >= 4 is 17.7 Å². The van der Waals surface area contributed by atoms with Crippen LogP contribution in [0.5, 0.6) is 5.75 Å². The summed E-state index contributed by atoms with van der Waals surface area (Å²) in [4.78, 5) is 15.5. The largest absolute Gasteiger partial charge is 0.493 e. The number of nitrogens with zero attached hydrogens (tertiary/aromatic N) is 2. The van der Waals surface area contributed by atoms with Crippen LogP contribution in [0.1, 0.15) is 0 Å². The molecule has 0 atom stereocenters. The van der Waals surface area contributed by atoms with E-state index in [1.807, 2.05) is 0 Å². The minimum atomic E-state index is -1.12. The lowest BCUT2D eigenvalue weighted by Gasteiger charge is -2.15. The van der Waals surface area contributed by atoms with Crippen LogP contribution in [0.2, 0.25) is 0 Å². The third-order valence-electron chi connectivity index (χ3n) is 1.69. The van der Waals surface area contributed by atoms with Gasteiger partial charge >= 0.3 is 6.09 Å². The summed E-state index contributed by atoms with van der Waals surface area (Å²) in [5.41, 5.74) is 5.43. The molecule has 0 aliphatic carbocycles. The Morgan fingerprint density at radius 1 is 1.64 bits per heavy atom. The first-order valence-corrected chi connectivity index (χ1v) is 3.83. The molecule has 0 fully saturated rings. The maximum Gasteiger partial charge on any atom is 0.412 e. The highest BCUT2D eigenvalue weighted by Gasteiger charge is 2.15. The zero-order valence-electron chi connectivity index (χ0n) is 7.89. The summed E-state index contributed by atoms with van der Waals surface area (Å²) in [6.45, 7) is 0. The van der Waals surface area contributed by atoms with Crippen molar-refractivity contribution in [3.63, 3.8) is 0 Å². The molecule has 3 N–H and O–H groups in total. The predicted molar refractivity (Wildman–Crippen MR) is 51.6 cm³/mol. The molecule has 0 saturated carbocycles. The van der Waals surface area contributed by atoms with Crippen molar-refractivity contribution in [2.45, 2.75) is 0 Å². The highest BCUT2D eigenvalue weighted by atomic mass is 16.5. The van der Waals surface area contributed by atoms with Crippen LogP contribution in [0, 0.1) is 0 Å². The summed E-state index contributed by atoms with van der Waals surface area (Å²) < 4.78 is 4.95. The van der Waals surface area contributed by atoms with Gasteiger partial charge in [0.25, 0.3) is 0 Å². The summed E-state index contributed by atoms with van der Waals surface area (Å²) in [7, 11) is 2.80. The molecule has 1 heterocycles. The van der Waals surface area contributed by atoms with E-state index in [9.17, 15) is 4.79 Å². The van der Waals surface area contributed by atoms with E-state index in [0.29, 0.717) is 5.75 Å². The quantitative estimate of drug-likeness (QED) is 0.731. The molecule has 14 heavy (non-hydrogen) atoms. The summed E-state index contributed by atoms with van der Waals surface area (Å²) in [6.07, 6.45) is -1.12. The fourth-order valence-corrected chi connectivity index (χ4v) is 0.940. The third kappa shape index (κ3) is 1.85. The predicted octanol–water partition coefficient (Wildman–Crippen LogP) is 0.787. The highest BCUT2D eigenvalue weighted by Crippen LogP contribution is 2.25. The number of amides is 1. The standard InChI is InChI=1S/C8H11N3O3/c1-11(8(12)13)7-5(14-2)3-4-6(9)10-7/h3-4H,1-2H3,(H2,9,10)(H,12,13). The Balaban J connectivity index is 3.16. The van der Waals surface area contributed by atoms with Gasteiger partial charge in [0, 0.05) is 7.05 Å². The molecule has 6 nitrogen and oxygen atoms in total. The minimum Gasteiger partial charge on any atom is -0.493 e. The van der Waals surface area contributed by atoms with Gasteiger partial charge in [-0.25, -0.2) is 9.78 Å². The number of methoxy groups -OCH3 is 1. The van der Waals surface area contributed by atoms with Crippen LogP contribution in [-0.2, 0) is 0 Å². The number of anilines is 2. The molecule has 0 radical (unpaired) electrons. The Labute approximate surface area is 80.9 Å². The number of carbonyl (C=O) groups is 1. The molecule has 1 aromatic rings. The van der Waals surface area contributed by atoms with E-state index in [4.69, 9.17) is 15.6 Å².